The molecule has 1 aliphatic rings. The first-order valence-corrected chi connectivity index (χ1v) is 11.3. The summed E-state index contributed by atoms with van der Waals surface area (Å²) in [4.78, 5) is 24.6. The highest BCUT2D eigenvalue weighted by Gasteiger charge is 2.33. The molecule has 0 saturated carbocycles. The van der Waals surface area contributed by atoms with Gasteiger partial charge in [0.05, 0.1) is 30.7 Å². The molecule has 34 heavy (non-hydrogen) atoms. The number of ether oxygens (including phenoxy) is 1. The molecule has 1 aromatic carbocycles. The molecule has 0 bridgehead atoms. The lowest BCUT2D eigenvalue weighted by molar-refractivity contribution is -0.137. The lowest BCUT2D eigenvalue weighted by Gasteiger charge is -2.25. The number of carbonyl (C=O) groups is 1. The highest BCUT2D eigenvalue weighted by atomic mass is 32.1. The van der Waals surface area contributed by atoms with Crippen molar-refractivity contribution in [1.29, 1.82) is 0 Å². The first-order valence-electron chi connectivity index (χ1n) is 10.5. The molecular weight excluding hydrogens is 469 g/mol. The van der Waals surface area contributed by atoms with Crippen LogP contribution in [0.3, 0.4) is 0 Å². The molecule has 0 unspecified atom stereocenters. The second kappa shape index (κ2) is 9.12. The highest BCUT2D eigenvalue weighted by Crippen LogP contribution is 2.36. The maximum atomic E-state index is 13.5. The first-order chi connectivity index (χ1) is 16.4. The van der Waals surface area contributed by atoms with Gasteiger partial charge in [-0.05, 0) is 18.2 Å². The second-order valence-corrected chi connectivity index (χ2v) is 8.76. The van der Waals surface area contributed by atoms with Gasteiger partial charge in [0.1, 0.15) is 0 Å². The van der Waals surface area contributed by atoms with E-state index >= 15 is 0 Å². The quantitative estimate of drug-likeness (QED) is 0.458. The van der Waals surface area contributed by atoms with E-state index in [1.54, 1.807) is 6.20 Å². The van der Waals surface area contributed by atoms with Crippen molar-refractivity contribution >= 4 is 28.0 Å². The van der Waals surface area contributed by atoms with Gasteiger partial charge in [-0.25, -0.2) is 14.5 Å². The van der Waals surface area contributed by atoms with Crippen molar-refractivity contribution in [3.8, 4) is 11.3 Å². The van der Waals surface area contributed by atoms with Gasteiger partial charge in [-0.2, -0.15) is 18.3 Å². The molecule has 4 heterocycles. The van der Waals surface area contributed by atoms with Crippen LogP contribution in [-0.2, 0) is 17.5 Å². The normalized spacial score (nSPS) is 15.0. The number of imidazole rings is 1. The number of morpholine rings is 1. The standard InChI is InChI=1S/C22H19F3N6O2S/c23-22(24,25)16-4-2-1-3-15(16)17-5-6-19-26-12-18(31(19)29-17)20(32)28-21-27-11-14(34-21)13-30-7-9-33-10-8-30/h1-6,11-12H,7-10,13H2,(H,27,28,32). The molecule has 1 aliphatic heterocycles. The fourth-order valence-electron chi connectivity index (χ4n) is 3.70. The molecule has 1 fully saturated rings. The van der Waals surface area contributed by atoms with Crippen LogP contribution in [0.5, 0.6) is 0 Å². The van der Waals surface area contributed by atoms with Crippen LogP contribution in [0.15, 0.2) is 48.8 Å². The average Bonchev–Trinajstić information content (AvgIpc) is 3.45. The molecule has 1 amide bonds. The number of nitrogens with one attached hydrogen (secondary N) is 1. The maximum absolute atomic E-state index is 13.5. The number of nitrogens with zero attached hydrogens (tertiary/aromatic N) is 5. The third-order valence-electron chi connectivity index (χ3n) is 5.36. The van der Waals surface area contributed by atoms with Crippen LogP contribution in [0.2, 0.25) is 0 Å². The van der Waals surface area contributed by atoms with Crippen molar-refractivity contribution in [3.05, 3.63) is 64.9 Å². The average molecular weight is 488 g/mol. The van der Waals surface area contributed by atoms with Crippen LogP contribution in [0.4, 0.5) is 18.3 Å². The summed E-state index contributed by atoms with van der Waals surface area (Å²) in [5.41, 5.74) is -0.375. The summed E-state index contributed by atoms with van der Waals surface area (Å²) in [6.07, 6.45) is -1.49. The minimum atomic E-state index is -4.54. The minimum Gasteiger partial charge on any atom is -0.379 e. The van der Waals surface area contributed by atoms with E-state index in [-0.39, 0.29) is 17.0 Å². The highest BCUT2D eigenvalue weighted by molar-refractivity contribution is 7.15. The van der Waals surface area contributed by atoms with Gasteiger partial charge in [0, 0.05) is 36.3 Å². The molecule has 3 aromatic heterocycles. The number of carbonyl (C=O) groups excluding carboxylic acids is 1. The molecule has 5 rings (SSSR count). The van der Waals surface area contributed by atoms with Crippen LogP contribution in [0.25, 0.3) is 16.9 Å². The molecule has 0 spiro atoms. The maximum Gasteiger partial charge on any atom is 0.417 e. The number of hydrogen-bond donors (Lipinski definition) is 1. The van der Waals surface area contributed by atoms with Gasteiger partial charge >= 0.3 is 6.18 Å². The van der Waals surface area contributed by atoms with E-state index in [2.05, 4.69) is 25.3 Å². The summed E-state index contributed by atoms with van der Waals surface area (Å²) < 4.78 is 47.0. The second-order valence-electron chi connectivity index (χ2n) is 7.65. The number of alkyl halides is 3. The van der Waals surface area contributed by atoms with E-state index in [1.165, 1.54) is 52.4 Å². The van der Waals surface area contributed by atoms with Gasteiger partial charge in [0.25, 0.3) is 5.91 Å². The third kappa shape index (κ3) is 4.65. The number of halogens is 3. The Bertz CT molecular complexity index is 1330. The Morgan fingerprint density at radius 2 is 1.88 bits per heavy atom. The number of hydrogen-bond acceptors (Lipinski definition) is 7. The lowest BCUT2D eigenvalue weighted by Crippen LogP contribution is -2.35. The smallest absolute Gasteiger partial charge is 0.379 e. The lowest BCUT2D eigenvalue weighted by atomic mass is 10.0. The monoisotopic (exact) mass is 488 g/mol. The van der Waals surface area contributed by atoms with Crippen LogP contribution < -0.4 is 5.32 Å². The zero-order valence-corrected chi connectivity index (χ0v) is 18.6. The summed E-state index contributed by atoms with van der Waals surface area (Å²) in [6.45, 7) is 3.79. The minimum absolute atomic E-state index is 0.0783. The molecule has 4 aromatic rings. The van der Waals surface area contributed by atoms with Crippen LogP contribution >= 0.6 is 11.3 Å². The Morgan fingerprint density at radius 1 is 1.09 bits per heavy atom. The number of amides is 1. The number of aromatic nitrogens is 4. The first kappa shape index (κ1) is 22.4. The molecule has 1 N–H and O–H groups in total. The van der Waals surface area contributed by atoms with E-state index in [0.29, 0.717) is 24.0 Å². The number of thiazole rings is 1. The third-order valence-corrected chi connectivity index (χ3v) is 6.26. The Labute approximate surface area is 196 Å². The summed E-state index contributed by atoms with van der Waals surface area (Å²) in [5.74, 6) is -0.506. The van der Waals surface area contributed by atoms with E-state index in [9.17, 15) is 18.0 Å². The van der Waals surface area contributed by atoms with Crippen LogP contribution in [0.1, 0.15) is 20.9 Å². The molecule has 8 nitrogen and oxygen atoms in total. The van der Waals surface area contributed by atoms with Crippen molar-refractivity contribution in [3.63, 3.8) is 0 Å². The zero-order chi connectivity index (χ0) is 23.7. The SMILES string of the molecule is O=C(Nc1ncc(CN2CCOCC2)s1)c1cnc2ccc(-c3ccccc3C(F)(F)F)nn12. The predicted molar refractivity (Wildman–Crippen MR) is 120 cm³/mol. The molecule has 1 saturated heterocycles. The Kier molecular flexibility index (Phi) is 6.02. The van der Waals surface area contributed by atoms with Gasteiger partial charge < -0.3 is 4.74 Å². The Morgan fingerprint density at radius 3 is 2.68 bits per heavy atom. The molecular formula is C22H19F3N6O2S. The van der Waals surface area contributed by atoms with Crippen molar-refractivity contribution in [2.75, 3.05) is 31.6 Å². The molecule has 0 aliphatic carbocycles. The van der Waals surface area contributed by atoms with Gasteiger partial charge in [0.2, 0.25) is 0 Å². The van der Waals surface area contributed by atoms with Gasteiger partial charge in [-0.1, -0.05) is 18.2 Å². The number of benzene rings is 1. The van der Waals surface area contributed by atoms with Crippen molar-refractivity contribution in [1.82, 2.24) is 24.5 Å². The van der Waals surface area contributed by atoms with E-state index < -0.39 is 17.6 Å². The topological polar surface area (TPSA) is 84.7 Å². The summed E-state index contributed by atoms with van der Waals surface area (Å²) in [6, 6.07) is 8.15. The van der Waals surface area contributed by atoms with E-state index in [4.69, 9.17) is 4.74 Å². The van der Waals surface area contributed by atoms with Gasteiger partial charge in [-0.15, -0.1) is 11.3 Å². The predicted octanol–water partition coefficient (Wildman–Crippen LogP) is 3.96. The van der Waals surface area contributed by atoms with Crippen molar-refractivity contribution in [2.24, 2.45) is 0 Å². The largest absolute Gasteiger partial charge is 0.417 e. The van der Waals surface area contributed by atoms with E-state index in [1.807, 2.05) is 0 Å². The molecule has 0 radical (unpaired) electrons. The molecule has 0 atom stereocenters. The fraction of sp³-hybridized carbons (Fsp3) is 0.273. The number of anilines is 1. The molecule has 12 heteroatoms. The summed E-state index contributed by atoms with van der Waals surface area (Å²) in [5, 5.41) is 7.43. The van der Waals surface area contributed by atoms with Gasteiger partial charge in [-0.3, -0.25) is 15.0 Å². The number of fused-ring (bicyclic) bond motifs is 1. The van der Waals surface area contributed by atoms with Crippen LogP contribution in [0, 0.1) is 0 Å². The van der Waals surface area contributed by atoms with Crippen molar-refractivity contribution in [2.45, 2.75) is 12.7 Å². The fourth-order valence-corrected chi connectivity index (χ4v) is 4.55. The zero-order valence-electron chi connectivity index (χ0n) is 17.7. The van der Waals surface area contributed by atoms with Crippen molar-refractivity contribution < 1.29 is 22.7 Å². The van der Waals surface area contributed by atoms with Gasteiger partial charge in [0.15, 0.2) is 16.5 Å². The molecule has 176 valence electrons. The Hall–Kier alpha value is -3.35. The van der Waals surface area contributed by atoms with E-state index in [0.717, 1.165) is 30.6 Å². The summed E-state index contributed by atoms with van der Waals surface area (Å²) >= 11 is 1.36. The number of rotatable bonds is 5. The summed E-state index contributed by atoms with van der Waals surface area (Å²) in [7, 11) is 0. The van der Waals surface area contributed by atoms with Crippen LogP contribution in [-0.4, -0.2) is 56.7 Å². The Balaban J connectivity index is 1.38.